The molecular formula is C23H31N3O4S. The summed E-state index contributed by atoms with van der Waals surface area (Å²) in [6, 6.07) is 8.26. The van der Waals surface area contributed by atoms with Crippen LogP contribution in [0.4, 0.5) is 0 Å². The average molecular weight is 446 g/mol. The highest BCUT2D eigenvalue weighted by atomic mass is 32.2. The van der Waals surface area contributed by atoms with Gasteiger partial charge >= 0.3 is 0 Å². The van der Waals surface area contributed by atoms with Gasteiger partial charge in [-0.15, -0.1) is 0 Å². The maximum Gasteiger partial charge on any atom is 0.227 e. The van der Waals surface area contributed by atoms with Crippen LogP contribution in [-0.2, 0) is 19.4 Å². The molecule has 2 saturated heterocycles. The molecular weight excluding hydrogens is 414 g/mol. The Kier molecular flexibility index (Phi) is 5.62. The molecule has 1 aliphatic carbocycles. The van der Waals surface area contributed by atoms with Crippen molar-refractivity contribution in [3.63, 3.8) is 0 Å². The van der Waals surface area contributed by atoms with Crippen LogP contribution in [0, 0.1) is 5.92 Å². The largest absolute Gasteiger partial charge is 0.489 e. The lowest BCUT2D eigenvalue weighted by atomic mass is 9.94. The number of carbonyl (C=O) groups is 1. The fourth-order valence-corrected chi connectivity index (χ4v) is 6.39. The lowest BCUT2D eigenvalue weighted by Crippen LogP contribution is -2.64. The molecule has 1 atom stereocenters. The van der Waals surface area contributed by atoms with Gasteiger partial charge in [0, 0.05) is 18.0 Å². The summed E-state index contributed by atoms with van der Waals surface area (Å²) in [5, 5.41) is 2.89. The minimum Gasteiger partial charge on any atom is -0.489 e. The molecule has 3 fully saturated rings. The number of ether oxygens (including phenoxy) is 1. The minimum absolute atomic E-state index is 0.0234. The van der Waals surface area contributed by atoms with Crippen LogP contribution in [0.5, 0.6) is 0 Å². The van der Waals surface area contributed by atoms with Gasteiger partial charge in [0.1, 0.15) is 6.61 Å². The molecule has 1 aromatic rings. The molecule has 0 aromatic heterocycles. The number of nitrogens with zero attached hydrogens (tertiary/aromatic N) is 1. The van der Waals surface area contributed by atoms with E-state index < -0.39 is 21.3 Å². The summed E-state index contributed by atoms with van der Waals surface area (Å²) in [6.07, 6.45) is 2.84. The fraction of sp³-hybridized carbons (Fsp3) is 0.565. The van der Waals surface area contributed by atoms with Crippen molar-refractivity contribution in [1.29, 1.82) is 0 Å². The van der Waals surface area contributed by atoms with Crippen molar-refractivity contribution < 1.29 is 17.9 Å². The van der Waals surface area contributed by atoms with Crippen LogP contribution in [0.3, 0.4) is 0 Å². The van der Waals surface area contributed by atoms with Gasteiger partial charge in [0.2, 0.25) is 5.91 Å². The second kappa shape index (κ2) is 7.97. The van der Waals surface area contributed by atoms with E-state index in [-0.39, 0.29) is 30.1 Å². The molecule has 31 heavy (non-hydrogen) atoms. The van der Waals surface area contributed by atoms with Crippen molar-refractivity contribution in [3.8, 4) is 0 Å². The van der Waals surface area contributed by atoms with E-state index in [1.807, 2.05) is 26.0 Å². The van der Waals surface area contributed by atoms with Crippen LogP contribution < -0.4 is 11.1 Å². The topological polar surface area (TPSA) is 111 Å². The Morgan fingerprint density at radius 2 is 2.00 bits per heavy atom. The zero-order valence-electron chi connectivity index (χ0n) is 18.3. The summed E-state index contributed by atoms with van der Waals surface area (Å²) in [5.74, 6) is 0.472. The van der Waals surface area contributed by atoms with Gasteiger partial charge in [-0.1, -0.05) is 18.2 Å². The molecule has 1 saturated carbocycles. The molecule has 7 nitrogen and oxygen atoms in total. The van der Waals surface area contributed by atoms with E-state index in [0.29, 0.717) is 29.5 Å². The monoisotopic (exact) mass is 445 g/mol. The van der Waals surface area contributed by atoms with Crippen LogP contribution >= 0.6 is 0 Å². The zero-order valence-corrected chi connectivity index (χ0v) is 19.2. The zero-order chi connectivity index (χ0) is 22.4. The van der Waals surface area contributed by atoms with E-state index >= 15 is 0 Å². The first-order chi connectivity index (χ1) is 14.6. The second-order valence-corrected chi connectivity index (χ2v) is 11.7. The number of amides is 1. The number of aliphatic imine (C=N–C) groups is 1. The molecule has 8 heteroatoms. The van der Waals surface area contributed by atoms with Crippen LogP contribution in [0.25, 0.3) is 5.70 Å². The van der Waals surface area contributed by atoms with E-state index in [9.17, 15) is 13.2 Å². The van der Waals surface area contributed by atoms with E-state index in [1.54, 1.807) is 6.92 Å². The number of nitrogens with two attached hydrogens (primary N) is 1. The van der Waals surface area contributed by atoms with Gasteiger partial charge in [-0.25, -0.2) is 8.42 Å². The van der Waals surface area contributed by atoms with Gasteiger partial charge in [-0.3, -0.25) is 9.79 Å². The summed E-state index contributed by atoms with van der Waals surface area (Å²) in [5.41, 5.74) is 9.23. The van der Waals surface area contributed by atoms with Crippen LogP contribution in [0.2, 0.25) is 0 Å². The standard InChI is InChI=1S/C23H31N3O4S/c1-14(2)25-19-10-18(22(27)26-23(3)12-31(28,29)13-23)11-30-21(19)20(24)17-6-4-5-16(9-17)15-7-8-15/h4-6,9,14-15,18H,7-8,10-13,24H2,1-3H3,(H,26,27)/t18-/m0/s1. The van der Waals surface area contributed by atoms with Gasteiger partial charge in [-0.2, -0.15) is 0 Å². The predicted molar refractivity (Wildman–Crippen MR) is 121 cm³/mol. The van der Waals surface area contributed by atoms with Gasteiger partial charge < -0.3 is 15.8 Å². The van der Waals surface area contributed by atoms with Crippen molar-refractivity contribution in [3.05, 3.63) is 41.2 Å². The average Bonchev–Trinajstić information content (AvgIpc) is 3.50. The minimum atomic E-state index is -3.04. The Hall–Kier alpha value is -2.35. The number of benzene rings is 1. The highest BCUT2D eigenvalue weighted by molar-refractivity contribution is 7.93. The summed E-state index contributed by atoms with van der Waals surface area (Å²) in [7, 11) is -3.04. The molecule has 2 aliphatic heterocycles. The third-order valence-corrected chi connectivity index (χ3v) is 8.06. The first-order valence-electron chi connectivity index (χ1n) is 10.9. The molecule has 1 aromatic carbocycles. The second-order valence-electron chi connectivity index (χ2n) is 9.61. The SMILES string of the molecule is CC(C)N=C1C[C@H](C(=O)NC2(C)CS(=O)(=O)C2)COC1=C(N)c1cccc(C2CC2)c1. The van der Waals surface area contributed by atoms with Crippen LogP contribution in [0.15, 0.2) is 35.0 Å². The maximum absolute atomic E-state index is 12.8. The quantitative estimate of drug-likeness (QED) is 0.723. The summed E-state index contributed by atoms with van der Waals surface area (Å²) in [4.78, 5) is 17.5. The number of hydrogen-bond donors (Lipinski definition) is 2. The third-order valence-electron chi connectivity index (χ3n) is 5.91. The molecule has 0 unspecified atom stereocenters. The van der Waals surface area contributed by atoms with Gasteiger partial charge in [-0.05, 0) is 51.2 Å². The molecule has 0 radical (unpaired) electrons. The molecule has 0 spiro atoms. The van der Waals surface area contributed by atoms with Crippen molar-refractivity contribution in [2.45, 2.75) is 57.5 Å². The Labute approximate surface area is 184 Å². The Morgan fingerprint density at radius 3 is 2.61 bits per heavy atom. The fourth-order valence-electron chi connectivity index (χ4n) is 4.38. The van der Waals surface area contributed by atoms with Gasteiger partial charge in [0.05, 0.1) is 34.4 Å². The maximum atomic E-state index is 12.8. The number of rotatable bonds is 5. The lowest BCUT2D eigenvalue weighted by Gasteiger charge is -2.39. The van der Waals surface area contributed by atoms with E-state index in [0.717, 1.165) is 5.56 Å². The first-order valence-corrected chi connectivity index (χ1v) is 12.7. The first kappa shape index (κ1) is 21.9. The summed E-state index contributed by atoms with van der Waals surface area (Å²) < 4.78 is 29.1. The number of nitrogens with one attached hydrogen (secondary N) is 1. The number of hydrogen-bond acceptors (Lipinski definition) is 6. The molecule has 0 bridgehead atoms. The molecule has 2 heterocycles. The number of sulfone groups is 1. The van der Waals surface area contributed by atoms with Crippen molar-refractivity contribution >= 4 is 27.2 Å². The Morgan fingerprint density at radius 1 is 1.29 bits per heavy atom. The van der Waals surface area contributed by atoms with Crippen molar-refractivity contribution in [2.75, 3.05) is 18.1 Å². The normalized spacial score (nSPS) is 27.4. The molecule has 1 amide bonds. The highest BCUT2D eigenvalue weighted by Gasteiger charge is 2.47. The summed E-state index contributed by atoms with van der Waals surface area (Å²) >= 11 is 0. The predicted octanol–water partition coefficient (Wildman–Crippen LogP) is 2.38. The van der Waals surface area contributed by atoms with Gasteiger partial charge in [0.25, 0.3) is 0 Å². The number of carbonyl (C=O) groups excluding carboxylic acids is 1. The van der Waals surface area contributed by atoms with E-state index in [4.69, 9.17) is 15.5 Å². The molecule has 3 N–H and O–H groups in total. The lowest BCUT2D eigenvalue weighted by molar-refractivity contribution is -0.128. The van der Waals surface area contributed by atoms with Crippen LogP contribution in [0.1, 0.15) is 57.1 Å². The van der Waals surface area contributed by atoms with Crippen molar-refractivity contribution in [2.24, 2.45) is 16.6 Å². The van der Waals surface area contributed by atoms with Crippen LogP contribution in [-0.4, -0.2) is 49.7 Å². The number of allylic oxidation sites excluding steroid dienone is 1. The smallest absolute Gasteiger partial charge is 0.227 e. The Balaban J connectivity index is 1.54. The Bertz CT molecular complexity index is 1040. The van der Waals surface area contributed by atoms with Crippen molar-refractivity contribution in [1.82, 2.24) is 5.32 Å². The van der Waals surface area contributed by atoms with E-state index in [2.05, 4.69) is 17.4 Å². The third kappa shape index (κ3) is 4.95. The summed E-state index contributed by atoms with van der Waals surface area (Å²) in [6.45, 7) is 5.88. The van der Waals surface area contributed by atoms with Gasteiger partial charge in [0.15, 0.2) is 15.6 Å². The van der Waals surface area contributed by atoms with E-state index in [1.165, 1.54) is 18.4 Å². The molecule has 168 valence electrons. The molecule has 3 aliphatic rings. The molecule has 4 rings (SSSR count). The highest BCUT2D eigenvalue weighted by Crippen LogP contribution is 2.40.